The molecule has 0 aliphatic rings. The highest BCUT2D eigenvalue weighted by atomic mass is 16.5. The van der Waals surface area contributed by atoms with Crippen LogP contribution in [-0.2, 0) is 6.42 Å². The van der Waals surface area contributed by atoms with Gasteiger partial charge in [0.05, 0.1) is 11.9 Å². The van der Waals surface area contributed by atoms with E-state index in [4.69, 9.17) is 4.74 Å². The number of hydrogen-bond acceptors (Lipinski definition) is 4. The van der Waals surface area contributed by atoms with E-state index in [0.717, 1.165) is 28.9 Å². The van der Waals surface area contributed by atoms with Crippen LogP contribution in [-0.4, -0.2) is 19.7 Å². The minimum atomic E-state index is 0.507. The van der Waals surface area contributed by atoms with Crippen LogP contribution in [0.15, 0.2) is 61.1 Å². The second-order valence-corrected chi connectivity index (χ2v) is 5.91. The first-order valence-electron chi connectivity index (χ1n) is 8.27. The van der Waals surface area contributed by atoms with Crippen LogP contribution in [0.4, 0.5) is 0 Å². The Morgan fingerprint density at radius 2 is 1.72 bits per heavy atom. The molecule has 2 heterocycles. The Hall–Kier alpha value is -3.21. The molecule has 4 rings (SSSR count). The fraction of sp³-hybridized carbons (Fsp3) is 0.150. The molecule has 0 unspecified atom stereocenters. The molecule has 124 valence electrons. The standard InChI is InChI=1S/C20H18N4O/c1-3-15-6-10-17(11-7-15)25-20-18-12-23-24(19(18)21-13-22-20)16-8-4-14(2)5-9-16/h4-13H,3H2,1-2H3. The number of rotatable bonds is 4. The molecule has 5 heteroatoms. The highest BCUT2D eigenvalue weighted by Crippen LogP contribution is 2.27. The third-order valence-electron chi connectivity index (χ3n) is 4.15. The van der Waals surface area contributed by atoms with Crippen molar-refractivity contribution >= 4 is 11.0 Å². The summed E-state index contributed by atoms with van der Waals surface area (Å²) in [4.78, 5) is 8.66. The molecule has 5 nitrogen and oxygen atoms in total. The maximum absolute atomic E-state index is 5.96. The fourth-order valence-electron chi connectivity index (χ4n) is 2.68. The lowest BCUT2D eigenvalue weighted by Crippen LogP contribution is -1.98. The number of fused-ring (bicyclic) bond motifs is 1. The van der Waals surface area contributed by atoms with Gasteiger partial charge in [-0.3, -0.25) is 0 Å². The third kappa shape index (κ3) is 2.96. The van der Waals surface area contributed by atoms with Gasteiger partial charge in [0.2, 0.25) is 5.88 Å². The van der Waals surface area contributed by atoms with E-state index in [-0.39, 0.29) is 0 Å². The van der Waals surface area contributed by atoms with E-state index in [0.29, 0.717) is 5.88 Å². The van der Waals surface area contributed by atoms with Crippen molar-refractivity contribution in [2.75, 3.05) is 0 Å². The topological polar surface area (TPSA) is 52.8 Å². The first-order valence-corrected chi connectivity index (χ1v) is 8.27. The van der Waals surface area contributed by atoms with Crippen molar-refractivity contribution in [1.29, 1.82) is 0 Å². The van der Waals surface area contributed by atoms with Gasteiger partial charge >= 0.3 is 0 Å². The summed E-state index contributed by atoms with van der Waals surface area (Å²) >= 11 is 0. The van der Waals surface area contributed by atoms with Crippen molar-refractivity contribution in [1.82, 2.24) is 19.7 Å². The molecule has 0 N–H and O–H groups in total. The van der Waals surface area contributed by atoms with Gasteiger partial charge in [0.15, 0.2) is 5.65 Å². The molecule has 0 saturated carbocycles. The summed E-state index contributed by atoms with van der Waals surface area (Å²) in [6, 6.07) is 16.2. The summed E-state index contributed by atoms with van der Waals surface area (Å²) in [5.74, 6) is 1.26. The Kier molecular flexibility index (Phi) is 3.90. The Morgan fingerprint density at radius 3 is 2.44 bits per heavy atom. The monoisotopic (exact) mass is 330 g/mol. The molecule has 2 aromatic carbocycles. The highest BCUT2D eigenvalue weighted by Gasteiger charge is 2.12. The van der Waals surface area contributed by atoms with Crippen LogP contribution < -0.4 is 4.74 Å². The van der Waals surface area contributed by atoms with E-state index in [1.165, 1.54) is 17.5 Å². The van der Waals surface area contributed by atoms with E-state index in [2.05, 4.69) is 53.2 Å². The summed E-state index contributed by atoms with van der Waals surface area (Å²) in [5.41, 5.74) is 4.15. The Labute approximate surface area is 145 Å². The zero-order chi connectivity index (χ0) is 17.2. The van der Waals surface area contributed by atoms with Crippen LogP contribution in [0.2, 0.25) is 0 Å². The van der Waals surface area contributed by atoms with E-state index < -0.39 is 0 Å². The molecule has 0 spiro atoms. The zero-order valence-electron chi connectivity index (χ0n) is 14.2. The van der Waals surface area contributed by atoms with E-state index in [1.807, 2.05) is 24.3 Å². The number of ether oxygens (including phenoxy) is 1. The quantitative estimate of drug-likeness (QED) is 0.553. The second kappa shape index (κ2) is 6.36. The highest BCUT2D eigenvalue weighted by molar-refractivity contribution is 5.81. The molecular formula is C20H18N4O. The SMILES string of the molecule is CCc1ccc(Oc2ncnc3c2cnn3-c2ccc(C)cc2)cc1. The van der Waals surface area contributed by atoms with Crippen LogP contribution >= 0.6 is 0 Å². The predicted molar refractivity (Wildman–Crippen MR) is 97.3 cm³/mol. The number of aryl methyl sites for hydroxylation is 2. The molecular weight excluding hydrogens is 312 g/mol. The fourth-order valence-corrected chi connectivity index (χ4v) is 2.68. The molecule has 4 aromatic rings. The van der Waals surface area contributed by atoms with Gasteiger partial charge in [-0.25, -0.2) is 14.6 Å². The van der Waals surface area contributed by atoms with E-state index >= 15 is 0 Å². The lowest BCUT2D eigenvalue weighted by atomic mass is 10.2. The maximum atomic E-state index is 5.96. The average molecular weight is 330 g/mol. The summed E-state index contributed by atoms with van der Waals surface area (Å²) in [6.45, 7) is 4.19. The molecule has 0 fully saturated rings. The van der Waals surface area contributed by atoms with Gasteiger partial charge in [0.1, 0.15) is 17.5 Å². The van der Waals surface area contributed by atoms with Crippen LogP contribution in [0.25, 0.3) is 16.7 Å². The predicted octanol–water partition coefficient (Wildman–Crippen LogP) is 4.48. The Balaban J connectivity index is 1.72. The second-order valence-electron chi connectivity index (χ2n) is 5.91. The lowest BCUT2D eigenvalue weighted by Gasteiger charge is -2.07. The van der Waals surface area contributed by atoms with Crippen molar-refractivity contribution in [3.8, 4) is 17.3 Å². The average Bonchev–Trinajstić information content (AvgIpc) is 3.08. The maximum Gasteiger partial charge on any atom is 0.233 e. The molecule has 0 bridgehead atoms. The van der Waals surface area contributed by atoms with Crippen molar-refractivity contribution in [3.63, 3.8) is 0 Å². The number of aromatic nitrogens is 4. The van der Waals surface area contributed by atoms with Gasteiger partial charge < -0.3 is 4.74 Å². The number of benzene rings is 2. The smallest absolute Gasteiger partial charge is 0.233 e. The van der Waals surface area contributed by atoms with Gasteiger partial charge in [0.25, 0.3) is 0 Å². The van der Waals surface area contributed by atoms with Crippen molar-refractivity contribution in [3.05, 3.63) is 72.2 Å². The summed E-state index contributed by atoms with van der Waals surface area (Å²) < 4.78 is 7.75. The molecule has 0 aliphatic heterocycles. The van der Waals surface area contributed by atoms with Gasteiger partial charge in [-0.1, -0.05) is 36.8 Å². The van der Waals surface area contributed by atoms with Crippen LogP contribution in [0.3, 0.4) is 0 Å². The van der Waals surface area contributed by atoms with Gasteiger partial charge in [0, 0.05) is 0 Å². The lowest BCUT2D eigenvalue weighted by molar-refractivity contribution is 0.468. The first-order chi connectivity index (χ1) is 12.2. The van der Waals surface area contributed by atoms with Crippen LogP contribution in [0.5, 0.6) is 11.6 Å². The van der Waals surface area contributed by atoms with E-state index in [1.54, 1.807) is 10.9 Å². The summed E-state index contributed by atoms with van der Waals surface area (Å²) in [5, 5.41) is 5.24. The third-order valence-corrected chi connectivity index (χ3v) is 4.15. The first kappa shape index (κ1) is 15.3. The van der Waals surface area contributed by atoms with Gasteiger partial charge in [-0.15, -0.1) is 0 Å². The molecule has 0 radical (unpaired) electrons. The molecule has 0 atom stereocenters. The molecule has 25 heavy (non-hydrogen) atoms. The Bertz CT molecular complexity index is 1000. The van der Waals surface area contributed by atoms with E-state index in [9.17, 15) is 0 Å². The van der Waals surface area contributed by atoms with Crippen molar-refractivity contribution in [2.24, 2.45) is 0 Å². The minimum absolute atomic E-state index is 0.507. The summed E-state index contributed by atoms with van der Waals surface area (Å²) in [7, 11) is 0. The normalized spacial score (nSPS) is 11.0. The van der Waals surface area contributed by atoms with Crippen molar-refractivity contribution in [2.45, 2.75) is 20.3 Å². The molecule has 2 aromatic heterocycles. The van der Waals surface area contributed by atoms with Crippen LogP contribution in [0, 0.1) is 6.92 Å². The molecule has 0 saturated heterocycles. The zero-order valence-corrected chi connectivity index (χ0v) is 14.2. The Morgan fingerprint density at radius 1 is 0.960 bits per heavy atom. The van der Waals surface area contributed by atoms with Gasteiger partial charge in [-0.05, 0) is 43.2 Å². The number of nitrogens with zero attached hydrogens (tertiary/aromatic N) is 4. The van der Waals surface area contributed by atoms with Crippen LogP contribution in [0.1, 0.15) is 18.1 Å². The largest absolute Gasteiger partial charge is 0.438 e. The number of hydrogen-bond donors (Lipinski definition) is 0. The molecule has 0 aliphatic carbocycles. The summed E-state index contributed by atoms with van der Waals surface area (Å²) in [6.07, 6.45) is 4.25. The van der Waals surface area contributed by atoms with Gasteiger partial charge in [-0.2, -0.15) is 5.10 Å². The molecule has 0 amide bonds. The minimum Gasteiger partial charge on any atom is -0.438 e. The van der Waals surface area contributed by atoms with Crippen molar-refractivity contribution < 1.29 is 4.74 Å².